The van der Waals surface area contributed by atoms with Crippen LogP contribution in [0.25, 0.3) is 0 Å². The molecule has 180 valence electrons. The van der Waals surface area contributed by atoms with Crippen LogP contribution < -0.4 is 5.32 Å². The number of nitrogens with zero attached hydrogens (tertiary/aromatic N) is 1. The molecule has 1 aromatic carbocycles. The molecule has 1 saturated heterocycles. The Morgan fingerprint density at radius 1 is 1.15 bits per heavy atom. The minimum Gasteiger partial charge on any atom is -0.464 e. The van der Waals surface area contributed by atoms with E-state index in [-0.39, 0.29) is 55.9 Å². The van der Waals surface area contributed by atoms with Crippen LogP contribution in [-0.4, -0.2) is 60.1 Å². The number of rotatable bonds is 14. The van der Waals surface area contributed by atoms with Gasteiger partial charge < -0.3 is 20.1 Å². The Bertz CT molecular complexity index is 795. The van der Waals surface area contributed by atoms with Crippen molar-refractivity contribution in [3.63, 3.8) is 0 Å². The van der Waals surface area contributed by atoms with Gasteiger partial charge in [-0.25, -0.2) is 0 Å². The SMILES string of the molecule is C=CC[C@H](CC(=O)N1CCC[C@H]1CO)C(=O)NCCOC(=O)[C@@H](CC=C)Cc1ccccc1. The normalized spacial score (nSPS) is 17.1. The van der Waals surface area contributed by atoms with Gasteiger partial charge in [-0.3, -0.25) is 14.4 Å². The van der Waals surface area contributed by atoms with E-state index in [2.05, 4.69) is 18.5 Å². The van der Waals surface area contributed by atoms with Crippen molar-refractivity contribution < 1.29 is 24.2 Å². The van der Waals surface area contributed by atoms with E-state index < -0.39 is 5.92 Å². The summed E-state index contributed by atoms with van der Waals surface area (Å²) in [5, 5.41) is 12.2. The van der Waals surface area contributed by atoms with E-state index in [0.29, 0.717) is 25.8 Å². The third kappa shape index (κ3) is 8.50. The van der Waals surface area contributed by atoms with Gasteiger partial charge in [0, 0.05) is 13.0 Å². The fourth-order valence-electron chi connectivity index (χ4n) is 4.12. The van der Waals surface area contributed by atoms with Crippen LogP contribution in [0.1, 0.15) is 37.7 Å². The molecule has 7 heteroatoms. The molecule has 2 amide bonds. The van der Waals surface area contributed by atoms with E-state index in [9.17, 15) is 19.5 Å². The minimum absolute atomic E-state index is 0.0560. The Hall–Kier alpha value is -2.93. The molecule has 2 N–H and O–H groups in total. The third-order valence-corrected chi connectivity index (χ3v) is 5.91. The van der Waals surface area contributed by atoms with E-state index in [4.69, 9.17) is 4.74 Å². The molecule has 1 heterocycles. The highest BCUT2D eigenvalue weighted by molar-refractivity contribution is 5.86. The van der Waals surface area contributed by atoms with Crippen molar-refractivity contribution in [2.75, 3.05) is 26.3 Å². The second-order valence-electron chi connectivity index (χ2n) is 8.36. The molecule has 7 nitrogen and oxygen atoms in total. The summed E-state index contributed by atoms with van der Waals surface area (Å²) in [6.45, 7) is 8.18. The van der Waals surface area contributed by atoms with Crippen molar-refractivity contribution in [3.05, 3.63) is 61.2 Å². The Balaban J connectivity index is 1.79. The first-order valence-corrected chi connectivity index (χ1v) is 11.6. The highest BCUT2D eigenvalue weighted by atomic mass is 16.5. The van der Waals surface area contributed by atoms with Crippen LogP contribution in [0.2, 0.25) is 0 Å². The van der Waals surface area contributed by atoms with Gasteiger partial charge >= 0.3 is 5.97 Å². The lowest BCUT2D eigenvalue weighted by atomic mass is 9.96. The Labute approximate surface area is 196 Å². The predicted molar refractivity (Wildman–Crippen MR) is 127 cm³/mol. The van der Waals surface area contributed by atoms with Crippen molar-refractivity contribution >= 4 is 17.8 Å². The molecule has 1 fully saturated rings. The third-order valence-electron chi connectivity index (χ3n) is 5.91. The number of benzene rings is 1. The van der Waals surface area contributed by atoms with E-state index in [1.807, 2.05) is 30.3 Å². The number of ether oxygens (including phenoxy) is 1. The lowest BCUT2D eigenvalue weighted by Crippen LogP contribution is -2.41. The number of aliphatic hydroxyl groups excluding tert-OH is 1. The van der Waals surface area contributed by atoms with Gasteiger partial charge in [0.05, 0.1) is 31.0 Å². The molecule has 0 aromatic heterocycles. The number of esters is 1. The first kappa shape index (κ1) is 26.3. The smallest absolute Gasteiger partial charge is 0.309 e. The highest BCUT2D eigenvalue weighted by Crippen LogP contribution is 2.21. The number of carbonyl (C=O) groups excluding carboxylic acids is 3. The largest absolute Gasteiger partial charge is 0.464 e. The van der Waals surface area contributed by atoms with Crippen molar-refractivity contribution in [1.82, 2.24) is 10.2 Å². The molecule has 0 spiro atoms. The number of amides is 2. The van der Waals surface area contributed by atoms with Crippen molar-refractivity contribution in [2.24, 2.45) is 11.8 Å². The van der Waals surface area contributed by atoms with Gasteiger partial charge in [-0.05, 0) is 37.7 Å². The van der Waals surface area contributed by atoms with Crippen LogP contribution in [0, 0.1) is 11.8 Å². The summed E-state index contributed by atoms with van der Waals surface area (Å²) in [5.74, 6) is -1.60. The first-order valence-electron chi connectivity index (χ1n) is 11.6. The molecule has 2 rings (SSSR count). The van der Waals surface area contributed by atoms with E-state index in [0.717, 1.165) is 18.4 Å². The number of allylic oxidation sites excluding steroid dienone is 2. The number of hydrogen-bond donors (Lipinski definition) is 2. The maximum atomic E-state index is 12.6. The fraction of sp³-hybridized carbons (Fsp3) is 0.500. The maximum Gasteiger partial charge on any atom is 0.309 e. The Kier molecular flexibility index (Phi) is 11.4. The first-order chi connectivity index (χ1) is 16.0. The predicted octanol–water partition coefficient (Wildman–Crippen LogP) is 2.65. The second kappa shape index (κ2) is 14.3. The van der Waals surface area contributed by atoms with Gasteiger partial charge in [-0.15, -0.1) is 13.2 Å². The summed E-state index contributed by atoms with van der Waals surface area (Å²) >= 11 is 0. The zero-order chi connectivity index (χ0) is 24.1. The average molecular weight is 457 g/mol. The van der Waals surface area contributed by atoms with E-state index >= 15 is 0 Å². The summed E-state index contributed by atoms with van der Waals surface area (Å²) in [5.41, 5.74) is 1.05. The summed E-state index contributed by atoms with van der Waals surface area (Å²) < 4.78 is 5.39. The molecule has 33 heavy (non-hydrogen) atoms. The molecule has 0 saturated carbocycles. The Morgan fingerprint density at radius 2 is 1.85 bits per heavy atom. The fourth-order valence-corrected chi connectivity index (χ4v) is 4.12. The number of nitrogens with one attached hydrogen (secondary N) is 1. The van der Waals surface area contributed by atoms with Crippen LogP contribution in [0.3, 0.4) is 0 Å². The number of hydrogen-bond acceptors (Lipinski definition) is 5. The molecule has 3 atom stereocenters. The maximum absolute atomic E-state index is 12.6. The molecule has 0 radical (unpaired) electrons. The molecule has 1 aliphatic heterocycles. The summed E-state index contributed by atoms with van der Waals surface area (Å²) in [6, 6.07) is 9.56. The van der Waals surface area contributed by atoms with Gasteiger partial charge in [0.1, 0.15) is 6.61 Å². The molecule has 0 aliphatic carbocycles. The standard InChI is InChI=1S/C26H36N2O5/c1-3-9-21(18-24(30)28-15-8-13-23(28)19-29)25(31)27-14-16-33-26(32)22(10-4-2)17-20-11-6-5-7-12-20/h3-7,11-12,21-23,29H,1-2,8-10,13-19H2,(H,27,31)/t21-,22+,23+/m1/s1. The molecular formula is C26H36N2O5. The van der Waals surface area contributed by atoms with Gasteiger partial charge in [0.25, 0.3) is 0 Å². The lowest BCUT2D eigenvalue weighted by Gasteiger charge is -2.25. The molecule has 1 aromatic rings. The van der Waals surface area contributed by atoms with Crippen molar-refractivity contribution in [3.8, 4) is 0 Å². The van der Waals surface area contributed by atoms with Crippen LogP contribution in [-0.2, 0) is 25.5 Å². The molecule has 1 aliphatic rings. The summed E-state index contributed by atoms with van der Waals surface area (Å²) in [6.07, 6.45) is 6.46. The van der Waals surface area contributed by atoms with Crippen LogP contribution >= 0.6 is 0 Å². The quantitative estimate of drug-likeness (QED) is 0.255. The summed E-state index contributed by atoms with van der Waals surface area (Å²) in [7, 11) is 0. The van der Waals surface area contributed by atoms with Gasteiger partial charge in [-0.2, -0.15) is 0 Å². The van der Waals surface area contributed by atoms with Crippen LogP contribution in [0.4, 0.5) is 0 Å². The monoisotopic (exact) mass is 456 g/mol. The molecule has 0 unspecified atom stereocenters. The second-order valence-corrected chi connectivity index (χ2v) is 8.36. The van der Waals surface area contributed by atoms with Gasteiger partial charge in [0.15, 0.2) is 0 Å². The zero-order valence-corrected chi connectivity index (χ0v) is 19.3. The van der Waals surface area contributed by atoms with Gasteiger partial charge in [0.2, 0.25) is 11.8 Å². The summed E-state index contributed by atoms with van der Waals surface area (Å²) in [4.78, 5) is 39.4. The zero-order valence-electron chi connectivity index (χ0n) is 19.3. The van der Waals surface area contributed by atoms with E-state index in [1.54, 1.807) is 17.1 Å². The topological polar surface area (TPSA) is 95.9 Å². The van der Waals surface area contributed by atoms with Crippen LogP contribution in [0.15, 0.2) is 55.6 Å². The van der Waals surface area contributed by atoms with Crippen molar-refractivity contribution in [2.45, 2.75) is 44.6 Å². The Morgan fingerprint density at radius 3 is 2.52 bits per heavy atom. The molecular weight excluding hydrogens is 420 g/mol. The molecule has 0 bridgehead atoms. The van der Waals surface area contributed by atoms with E-state index in [1.165, 1.54) is 0 Å². The van der Waals surface area contributed by atoms with Crippen molar-refractivity contribution in [1.29, 1.82) is 0 Å². The number of aliphatic hydroxyl groups is 1. The van der Waals surface area contributed by atoms with Crippen LogP contribution in [0.5, 0.6) is 0 Å². The lowest BCUT2D eigenvalue weighted by molar-refractivity contribution is -0.148. The average Bonchev–Trinajstić information content (AvgIpc) is 3.31. The number of likely N-dealkylation sites (tertiary alicyclic amines) is 1. The minimum atomic E-state index is -0.544. The highest BCUT2D eigenvalue weighted by Gasteiger charge is 2.31. The van der Waals surface area contributed by atoms with Gasteiger partial charge in [-0.1, -0.05) is 42.5 Å². The number of carbonyl (C=O) groups is 3.